The molecule has 4 rings (SSSR count). The van der Waals surface area contributed by atoms with Gasteiger partial charge < -0.3 is 19.6 Å². The standard InChI is InChI=1S/C22H27N6O5P/c1-22(2,21(29)31-3)27-34(30,33-17-7-5-4-6-8-17)32-12-15-9-10-16(11-15)28-14-26-18-19(23)24-13-25-20(18)28/h4-10,13-16H,11-12H2,1-3H3,(H,27,30)(H2,23,24,25)/t15-,16+,34?/m0/s1. The number of anilines is 1. The summed E-state index contributed by atoms with van der Waals surface area (Å²) >= 11 is 0. The average molecular weight is 486 g/mol. The molecule has 11 nitrogen and oxygen atoms in total. The number of nitrogens with zero attached hydrogens (tertiary/aromatic N) is 4. The van der Waals surface area contributed by atoms with Gasteiger partial charge in [0, 0.05) is 5.92 Å². The van der Waals surface area contributed by atoms with Crippen LogP contribution in [0.3, 0.4) is 0 Å². The summed E-state index contributed by atoms with van der Waals surface area (Å²) in [4.78, 5) is 24.8. The van der Waals surface area contributed by atoms with Gasteiger partial charge in [0.1, 0.15) is 23.1 Å². The lowest BCUT2D eigenvalue weighted by Crippen LogP contribution is -2.46. The molecule has 0 saturated carbocycles. The van der Waals surface area contributed by atoms with E-state index in [1.165, 1.54) is 13.4 Å². The Morgan fingerprint density at radius 1 is 1.24 bits per heavy atom. The van der Waals surface area contributed by atoms with E-state index in [1.807, 2.05) is 22.8 Å². The van der Waals surface area contributed by atoms with Crippen LogP contribution >= 0.6 is 7.75 Å². The van der Waals surface area contributed by atoms with Crippen molar-refractivity contribution in [2.24, 2.45) is 5.92 Å². The van der Waals surface area contributed by atoms with E-state index in [4.69, 9.17) is 19.5 Å². The van der Waals surface area contributed by atoms with Crippen LogP contribution in [-0.2, 0) is 18.6 Å². The van der Waals surface area contributed by atoms with E-state index in [2.05, 4.69) is 20.0 Å². The maximum absolute atomic E-state index is 13.7. The van der Waals surface area contributed by atoms with Crippen molar-refractivity contribution in [3.63, 3.8) is 0 Å². The van der Waals surface area contributed by atoms with Crippen LogP contribution in [0.5, 0.6) is 5.75 Å². The lowest BCUT2D eigenvalue weighted by atomic mass is 10.1. The van der Waals surface area contributed by atoms with Gasteiger partial charge in [-0.3, -0.25) is 9.32 Å². The van der Waals surface area contributed by atoms with Crippen LogP contribution in [0, 0.1) is 5.92 Å². The number of hydrogen-bond acceptors (Lipinski definition) is 9. The molecule has 0 amide bonds. The summed E-state index contributed by atoms with van der Waals surface area (Å²) in [6, 6.07) is 8.61. The van der Waals surface area contributed by atoms with Crippen LogP contribution in [0.1, 0.15) is 26.3 Å². The van der Waals surface area contributed by atoms with E-state index < -0.39 is 19.3 Å². The summed E-state index contributed by atoms with van der Waals surface area (Å²) < 4.78 is 31.9. The van der Waals surface area contributed by atoms with Gasteiger partial charge in [-0.25, -0.2) is 19.5 Å². The van der Waals surface area contributed by atoms with E-state index in [0.717, 1.165) is 0 Å². The van der Waals surface area contributed by atoms with E-state index in [1.54, 1.807) is 44.4 Å². The summed E-state index contributed by atoms with van der Waals surface area (Å²) in [5.74, 6) is 0.0179. The second-order valence-electron chi connectivity index (χ2n) is 8.46. The third-order valence-corrected chi connectivity index (χ3v) is 7.21. The number of ether oxygens (including phenoxy) is 1. The van der Waals surface area contributed by atoms with Crippen molar-refractivity contribution in [3.05, 3.63) is 55.1 Å². The molecule has 3 N–H and O–H groups in total. The number of carbonyl (C=O) groups is 1. The van der Waals surface area contributed by atoms with E-state index in [-0.39, 0.29) is 18.6 Å². The summed E-state index contributed by atoms with van der Waals surface area (Å²) in [6.45, 7) is 3.20. The quantitative estimate of drug-likeness (QED) is 0.263. The van der Waals surface area contributed by atoms with Crippen molar-refractivity contribution in [1.29, 1.82) is 0 Å². The highest BCUT2D eigenvalue weighted by Crippen LogP contribution is 2.47. The normalized spacial score (nSPS) is 19.7. The molecular weight excluding hydrogens is 459 g/mol. The highest BCUT2D eigenvalue weighted by Gasteiger charge is 2.40. The van der Waals surface area contributed by atoms with Crippen molar-refractivity contribution < 1.29 is 23.1 Å². The highest BCUT2D eigenvalue weighted by atomic mass is 31.2. The minimum Gasteiger partial charge on any atom is -0.468 e. The van der Waals surface area contributed by atoms with Crippen molar-refractivity contribution in [1.82, 2.24) is 24.6 Å². The van der Waals surface area contributed by atoms with Gasteiger partial charge in [0.2, 0.25) is 0 Å². The number of esters is 1. The highest BCUT2D eigenvalue weighted by molar-refractivity contribution is 7.52. The van der Waals surface area contributed by atoms with Gasteiger partial charge in [-0.2, -0.15) is 5.09 Å². The van der Waals surface area contributed by atoms with Crippen LogP contribution in [0.4, 0.5) is 5.82 Å². The number of fused-ring (bicyclic) bond motifs is 1. The predicted octanol–water partition coefficient (Wildman–Crippen LogP) is 3.27. The number of hydrogen-bond donors (Lipinski definition) is 2. The monoisotopic (exact) mass is 486 g/mol. The molecule has 1 aromatic carbocycles. The molecule has 2 heterocycles. The number of aromatic nitrogens is 4. The molecule has 0 aliphatic heterocycles. The lowest BCUT2D eigenvalue weighted by Gasteiger charge is -2.29. The first-order chi connectivity index (χ1) is 16.2. The number of methoxy groups -OCH3 is 1. The van der Waals surface area contributed by atoms with Crippen LogP contribution in [-0.4, -0.2) is 44.7 Å². The van der Waals surface area contributed by atoms with Crippen molar-refractivity contribution in [3.8, 4) is 5.75 Å². The minimum atomic E-state index is -3.95. The Kier molecular flexibility index (Phi) is 6.70. The Hall–Kier alpha value is -3.27. The van der Waals surface area contributed by atoms with Crippen molar-refractivity contribution in [2.75, 3.05) is 19.5 Å². The minimum absolute atomic E-state index is 0.0261. The SMILES string of the molecule is COC(=O)C(C)(C)NP(=O)(OC[C@H]1C=C[C@@H](n2cnc3c(N)ncnc32)C1)Oc1ccccc1. The number of nitrogens with one attached hydrogen (secondary N) is 1. The fourth-order valence-electron chi connectivity index (χ4n) is 3.73. The maximum Gasteiger partial charge on any atom is 0.459 e. The second kappa shape index (κ2) is 9.54. The summed E-state index contributed by atoms with van der Waals surface area (Å²) in [5, 5.41) is 2.73. The first kappa shape index (κ1) is 23.9. The Labute approximate surface area is 196 Å². The van der Waals surface area contributed by atoms with Gasteiger partial charge >= 0.3 is 13.7 Å². The molecule has 0 bridgehead atoms. The Bertz CT molecular complexity index is 1250. The van der Waals surface area contributed by atoms with Gasteiger partial charge in [-0.05, 0) is 32.4 Å². The molecule has 34 heavy (non-hydrogen) atoms. The fraction of sp³-hybridized carbons (Fsp3) is 0.364. The number of para-hydroxylation sites is 1. The number of rotatable bonds is 9. The molecule has 1 unspecified atom stereocenters. The Morgan fingerprint density at radius 2 is 2.00 bits per heavy atom. The van der Waals surface area contributed by atoms with Gasteiger partial charge in [0.05, 0.1) is 26.1 Å². The zero-order valence-electron chi connectivity index (χ0n) is 19.1. The van der Waals surface area contributed by atoms with Crippen LogP contribution in [0.2, 0.25) is 0 Å². The summed E-state index contributed by atoms with van der Waals surface area (Å²) in [5.41, 5.74) is 5.77. The number of benzene rings is 1. The number of imidazole rings is 1. The van der Waals surface area contributed by atoms with Crippen molar-refractivity contribution in [2.45, 2.75) is 31.8 Å². The second-order valence-corrected chi connectivity index (χ2v) is 10.1. The van der Waals surface area contributed by atoms with E-state index in [0.29, 0.717) is 29.2 Å². The van der Waals surface area contributed by atoms with E-state index in [9.17, 15) is 9.36 Å². The van der Waals surface area contributed by atoms with Gasteiger partial charge in [0.15, 0.2) is 11.5 Å². The molecular formula is C22H27N6O5P. The number of nitrogens with two attached hydrogens (primary N) is 1. The molecule has 3 aromatic rings. The average Bonchev–Trinajstić information content (AvgIpc) is 3.45. The molecule has 180 valence electrons. The third-order valence-electron chi connectivity index (χ3n) is 5.43. The third kappa shape index (κ3) is 5.11. The molecule has 3 atom stereocenters. The largest absolute Gasteiger partial charge is 0.468 e. The van der Waals surface area contributed by atoms with E-state index >= 15 is 0 Å². The topological polar surface area (TPSA) is 143 Å². The molecule has 12 heteroatoms. The first-order valence-electron chi connectivity index (χ1n) is 10.7. The smallest absolute Gasteiger partial charge is 0.459 e. The van der Waals surface area contributed by atoms with Gasteiger partial charge in [-0.1, -0.05) is 30.4 Å². The van der Waals surface area contributed by atoms with Gasteiger partial charge in [0.25, 0.3) is 0 Å². The summed E-state index contributed by atoms with van der Waals surface area (Å²) in [6.07, 6.45) is 7.75. The Morgan fingerprint density at radius 3 is 2.74 bits per heavy atom. The maximum atomic E-state index is 13.7. The molecule has 0 radical (unpaired) electrons. The van der Waals surface area contributed by atoms with Crippen LogP contribution < -0.4 is 15.3 Å². The lowest BCUT2D eigenvalue weighted by molar-refractivity contribution is -0.146. The molecule has 0 saturated heterocycles. The van der Waals surface area contributed by atoms with Crippen molar-refractivity contribution >= 4 is 30.7 Å². The molecule has 0 fully saturated rings. The molecule has 2 aromatic heterocycles. The number of nitrogen functional groups attached to an aromatic ring is 1. The Balaban J connectivity index is 1.47. The zero-order valence-corrected chi connectivity index (χ0v) is 20.0. The van der Waals surface area contributed by atoms with Gasteiger partial charge in [-0.15, -0.1) is 0 Å². The first-order valence-corrected chi connectivity index (χ1v) is 12.2. The summed E-state index contributed by atoms with van der Waals surface area (Å²) in [7, 11) is -2.69. The van der Waals surface area contributed by atoms with Crippen LogP contribution in [0.25, 0.3) is 11.2 Å². The molecule has 1 aliphatic carbocycles. The predicted molar refractivity (Wildman–Crippen MR) is 126 cm³/mol. The molecule has 0 spiro atoms. The zero-order chi connectivity index (χ0) is 24.3. The number of carbonyl (C=O) groups excluding carboxylic acids is 1. The fourth-order valence-corrected chi connectivity index (χ4v) is 5.46. The van der Waals surface area contributed by atoms with Crippen LogP contribution in [0.15, 0.2) is 55.1 Å². The molecule has 1 aliphatic rings. The number of allylic oxidation sites excluding steroid dienone is 1.